The Kier molecular flexibility index (Phi) is 4.03. The van der Waals surface area contributed by atoms with Crippen LogP contribution in [0.25, 0.3) is 0 Å². The molecule has 0 fully saturated rings. The molecule has 22 heavy (non-hydrogen) atoms. The molecule has 0 unspecified atom stereocenters. The smallest absolute Gasteiger partial charge is 0.258 e. The number of halogens is 1. The first-order valence-electron chi connectivity index (χ1n) is 7.35. The second-order valence-electron chi connectivity index (χ2n) is 5.79. The molecule has 0 aliphatic carbocycles. The van der Waals surface area contributed by atoms with E-state index >= 15 is 0 Å². The first kappa shape index (κ1) is 14.9. The Labute approximate surface area is 135 Å². The Bertz CT molecular complexity index is 702. The van der Waals surface area contributed by atoms with Crippen molar-refractivity contribution in [1.82, 2.24) is 4.98 Å². The third kappa shape index (κ3) is 2.79. The third-order valence-electron chi connectivity index (χ3n) is 3.94. The minimum atomic E-state index is -0.0519. The number of nitrogens with one attached hydrogen (secondary N) is 1. The fourth-order valence-electron chi connectivity index (χ4n) is 2.63. The fourth-order valence-corrected chi connectivity index (χ4v) is 2.81. The number of carbonyl (C=O) groups excluding carboxylic acids is 1. The number of pyridine rings is 1. The van der Waals surface area contributed by atoms with Gasteiger partial charge in [0.05, 0.1) is 11.4 Å². The Morgan fingerprint density at radius 2 is 2.14 bits per heavy atom. The van der Waals surface area contributed by atoms with Crippen molar-refractivity contribution >= 4 is 28.9 Å². The number of para-hydroxylation sites is 2. The van der Waals surface area contributed by atoms with E-state index in [1.165, 1.54) is 0 Å². The van der Waals surface area contributed by atoms with Crippen LogP contribution in [0.2, 0.25) is 5.15 Å². The standard InChI is InChI=1S/C17H18ClN3O/c1-11(2)14-10-21(15-6-4-3-5-13(15)20-14)17(22)12-7-8-19-16(18)9-12/h3-9,11,14,20H,10H2,1-2H3/t14-/m0/s1. The van der Waals surface area contributed by atoms with Gasteiger partial charge in [-0.1, -0.05) is 37.6 Å². The van der Waals surface area contributed by atoms with E-state index in [9.17, 15) is 4.79 Å². The molecule has 3 rings (SSSR count). The molecule has 2 aromatic rings. The van der Waals surface area contributed by atoms with E-state index in [2.05, 4.69) is 24.1 Å². The molecule has 1 aliphatic rings. The highest BCUT2D eigenvalue weighted by Crippen LogP contribution is 2.33. The van der Waals surface area contributed by atoms with E-state index in [4.69, 9.17) is 11.6 Å². The van der Waals surface area contributed by atoms with Crippen LogP contribution in [0.3, 0.4) is 0 Å². The summed E-state index contributed by atoms with van der Waals surface area (Å²) in [5, 5.41) is 3.84. The van der Waals surface area contributed by atoms with Crippen molar-refractivity contribution in [3.05, 3.63) is 53.3 Å². The minimum absolute atomic E-state index is 0.0519. The molecule has 0 spiro atoms. The van der Waals surface area contributed by atoms with Crippen LogP contribution < -0.4 is 10.2 Å². The van der Waals surface area contributed by atoms with Gasteiger partial charge in [0.2, 0.25) is 0 Å². The van der Waals surface area contributed by atoms with Crippen molar-refractivity contribution in [1.29, 1.82) is 0 Å². The Hall–Kier alpha value is -2.07. The number of benzene rings is 1. The van der Waals surface area contributed by atoms with Crippen LogP contribution in [0.1, 0.15) is 24.2 Å². The maximum atomic E-state index is 12.9. The average Bonchev–Trinajstić information content (AvgIpc) is 2.53. The maximum absolute atomic E-state index is 12.9. The van der Waals surface area contributed by atoms with Gasteiger partial charge in [0.1, 0.15) is 5.15 Å². The van der Waals surface area contributed by atoms with Gasteiger partial charge >= 0.3 is 0 Å². The second-order valence-corrected chi connectivity index (χ2v) is 6.18. The highest BCUT2D eigenvalue weighted by Gasteiger charge is 2.30. The first-order valence-corrected chi connectivity index (χ1v) is 7.73. The van der Waals surface area contributed by atoms with Crippen LogP contribution in [-0.4, -0.2) is 23.5 Å². The van der Waals surface area contributed by atoms with Crippen molar-refractivity contribution in [3.63, 3.8) is 0 Å². The summed E-state index contributed by atoms with van der Waals surface area (Å²) < 4.78 is 0. The molecule has 1 aromatic carbocycles. The van der Waals surface area contributed by atoms with Gasteiger partial charge in [0.15, 0.2) is 0 Å². The highest BCUT2D eigenvalue weighted by atomic mass is 35.5. The molecule has 1 amide bonds. The number of anilines is 2. The minimum Gasteiger partial charge on any atom is -0.379 e. The molecule has 0 saturated heterocycles. The molecule has 2 heterocycles. The molecule has 0 bridgehead atoms. The van der Waals surface area contributed by atoms with Crippen LogP contribution in [0, 0.1) is 5.92 Å². The van der Waals surface area contributed by atoms with Gasteiger partial charge in [-0.25, -0.2) is 4.98 Å². The number of nitrogens with zero attached hydrogens (tertiary/aromatic N) is 2. The summed E-state index contributed by atoms with van der Waals surface area (Å²) >= 11 is 5.91. The molecule has 5 heteroatoms. The summed E-state index contributed by atoms with van der Waals surface area (Å²) in [5.41, 5.74) is 2.44. The Morgan fingerprint density at radius 3 is 2.86 bits per heavy atom. The molecular weight excluding hydrogens is 298 g/mol. The van der Waals surface area contributed by atoms with Gasteiger partial charge < -0.3 is 10.2 Å². The third-order valence-corrected chi connectivity index (χ3v) is 4.15. The zero-order valence-corrected chi connectivity index (χ0v) is 13.3. The summed E-state index contributed by atoms with van der Waals surface area (Å²) in [7, 11) is 0. The van der Waals surface area contributed by atoms with Crippen molar-refractivity contribution in [2.75, 3.05) is 16.8 Å². The zero-order chi connectivity index (χ0) is 15.7. The summed E-state index contributed by atoms with van der Waals surface area (Å²) in [6, 6.07) is 11.4. The lowest BCUT2D eigenvalue weighted by molar-refractivity contribution is 0.0983. The average molecular weight is 316 g/mol. The molecule has 0 saturated carbocycles. The lowest BCUT2D eigenvalue weighted by atomic mass is 9.99. The van der Waals surface area contributed by atoms with Crippen LogP contribution in [0.15, 0.2) is 42.6 Å². The summed E-state index contributed by atoms with van der Waals surface area (Å²) in [6.07, 6.45) is 1.56. The molecule has 1 N–H and O–H groups in total. The van der Waals surface area contributed by atoms with Crippen molar-refractivity contribution in [3.8, 4) is 0 Å². The number of carbonyl (C=O) groups is 1. The fraction of sp³-hybridized carbons (Fsp3) is 0.294. The van der Waals surface area contributed by atoms with Crippen LogP contribution in [0.4, 0.5) is 11.4 Å². The van der Waals surface area contributed by atoms with E-state index in [1.807, 2.05) is 29.2 Å². The lowest BCUT2D eigenvalue weighted by Crippen LogP contribution is -2.47. The number of hydrogen-bond acceptors (Lipinski definition) is 3. The summed E-state index contributed by atoms with van der Waals surface area (Å²) in [4.78, 5) is 18.7. The molecule has 0 radical (unpaired) electrons. The monoisotopic (exact) mass is 315 g/mol. The van der Waals surface area contributed by atoms with E-state index in [-0.39, 0.29) is 11.9 Å². The number of aromatic nitrogens is 1. The number of fused-ring (bicyclic) bond motifs is 1. The van der Waals surface area contributed by atoms with Gasteiger partial charge in [-0.05, 0) is 30.2 Å². The number of amides is 1. The molecule has 1 atom stereocenters. The van der Waals surface area contributed by atoms with E-state index in [0.717, 1.165) is 11.4 Å². The Morgan fingerprint density at radius 1 is 1.36 bits per heavy atom. The van der Waals surface area contributed by atoms with Gasteiger partial charge in [-0.15, -0.1) is 0 Å². The summed E-state index contributed by atoms with van der Waals surface area (Å²) in [6.45, 7) is 4.93. The van der Waals surface area contributed by atoms with Gasteiger partial charge in [-0.3, -0.25) is 4.79 Å². The maximum Gasteiger partial charge on any atom is 0.258 e. The van der Waals surface area contributed by atoms with Crippen LogP contribution >= 0.6 is 11.6 Å². The molecule has 1 aromatic heterocycles. The summed E-state index contributed by atoms with van der Waals surface area (Å²) in [5.74, 6) is 0.369. The van der Waals surface area contributed by atoms with Crippen molar-refractivity contribution in [2.24, 2.45) is 5.92 Å². The topological polar surface area (TPSA) is 45.2 Å². The second kappa shape index (κ2) is 5.97. The highest BCUT2D eigenvalue weighted by molar-refractivity contribution is 6.29. The zero-order valence-electron chi connectivity index (χ0n) is 12.6. The van der Waals surface area contributed by atoms with Gasteiger partial charge in [0.25, 0.3) is 5.91 Å². The number of hydrogen-bond donors (Lipinski definition) is 1. The molecule has 4 nitrogen and oxygen atoms in total. The predicted octanol–water partition coefficient (Wildman–Crippen LogP) is 3.83. The quantitative estimate of drug-likeness (QED) is 0.857. The predicted molar refractivity (Wildman–Crippen MR) is 89.6 cm³/mol. The SMILES string of the molecule is CC(C)[C@@H]1CN(C(=O)c2ccnc(Cl)c2)c2ccccc2N1. The normalized spacial score (nSPS) is 17.1. The molecule has 114 valence electrons. The van der Waals surface area contributed by atoms with Gasteiger partial charge in [-0.2, -0.15) is 0 Å². The lowest BCUT2D eigenvalue weighted by Gasteiger charge is -2.37. The molecular formula is C17H18ClN3O. The number of rotatable bonds is 2. The largest absolute Gasteiger partial charge is 0.379 e. The van der Waals surface area contributed by atoms with Crippen molar-refractivity contribution in [2.45, 2.75) is 19.9 Å². The molecule has 1 aliphatic heterocycles. The van der Waals surface area contributed by atoms with E-state index in [1.54, 1.807) is 18.3 Å². The van der Waals surface area contributed by atoms with Crippen LogP contribution in [0.5, 0.6) is 0 Å². The van der Waals surface area contributed by atoms with E-state index < -0.39 is 0 Å². The van der Waals surface area contributed by atoms with Gasteiger partial charge in [0, 0.05) is 24.3 Å². The first-order chi connectivity index (χ1) is 10.6. The van der Waals surface area contributed by atoms with E-state index in [0.29, 0.717) is 23.2 Å². The Balaban J connectivity index is 1.99. The van der Waals surface area contributed by atoms with Crippen molar-refractivity contribution < 1.29 is 4.79 Å². The van der Waals surface area contributed by atoms with Crippen LogP contribution in [-0.2, 0) is 0 Å².